The van der Waals surface area contributed by atoms with E-state index in [1.54, 1.807) is 4.90 Å². The molecule has 0 heterocycles. The quantitative estimate of drug-likeness (QED) is 0.321. The van der Waals surface area contributed by atoms with E-state index in [0.717, 1.165) is 28.3 Å². The van der Waals surface area contributed by atoms with Crippen LogP contribution in [0.15, 0.2) is 72.8 Å². The molecular weight excluding hydrogens is 466 g/mol. The SMILES string of the molecule is CCCN(C(=O)[C@@H](N)CCCC(=O)OCc1ccccc1)[C@H](CC(N)=O)Cc1ccc2ccccc2c1. The summed E-state index contributed by atoms with van der Waals surface area (Å²) in [5.41, 5.74) is 13.8. The molecule has 0 aromatic heterocycles. The van der Waals surface area contributed by atoms with Crippen molar-refractivity contribution in [3.05, 3.63) is 83.9 Å². The van der Waals surface area contributed by atoms with E-state index in [0.29, 0.717) is 25.8 Å². The smallest absolute Gasteiger partial charge is 0.306 e. The first-order chi connectivity index (χ1) is 17.9. The number of nitrogens with two attached hydrogens (primary N) is 2. The topological polar surface area (TPSA) is 116 Å². The van der Waals surface area contributed by atoms with Gasteiger partial charge in [0.15, 0.2) is 0 Å². The van der Waals surface area contributed by atoms with E-state index < -0.39 is 18.0 Å². The summed E-state index contributed by atoms with van der Waals surface area (Å²) in [6.45, 7) is 2.67. The zero-order valence-electron chi connectivity index (χ0n) is 21.5. The highest BCUT2D eigenvalue weighted by atomic mass is 16.5. The number of hydrogen-bond donors (Lipinski definition) is 2. The van der Waals surface area contributed by atoms with Crippen LogP contribution in [0.2, 0.25) is 0 Å². The second-order valence-electron chi connectivity index (χ2n) is 9.39. The highest BCUT2D eigenvalue weighted by Crippen LogP contribution is 2.20. The number of benzene rings is 3. The lowest BCUT2D eigenvalue weighted by atomic mass is 9.97. The van der Waals surface area contributed by atoms with Crippen molar-refractivity contribution in [2.45, 2.75) is 64.1 Å². The predicted molar refractivity (Wildman–Crippen MR) is 145 cm³/mol. The number of carbonyl (C=O) groups is 3. The lowest BCUT2D eigenvalue weighted by Crippen LogP contribution is -2.50. The molecule has 0 aliphatic heterocycles. The molecule has 2 amide bonds. The Morgan fingerprint density at radius 2 is 1.62 bits per heavy atom. The van der Waals surface area contributed by atoms with Crippen molar-refractivity contribution >= 4 is 28.6 Å². The Morgan fingerprint density at radius 3 is 2.32 bits per heavy atom. The first-order valence-electron chi connectivity index (χ1n) is 12.9. The second-order valence-corrected chi connectivity index (χ2v) is 9.39. The molecule has 7 nitrogen and oxygen atoms in total. The Labute approximate surface area is 218 Å². The molecule has 2 atom stereocenters. The van der Waals surface area contributed by atoms with E-state index in [2.05, 4.69) is 6.07 Å². The van der Waals surface area contributed by atoms with Crippen LogP contribution in [0.3, 0.4) is 0 Å². The van der Waals surface area contributed by atoms with E-state index in [-0.39, 0.29) is 31.3 Å². The first kappa shape index (κ1) is 27.9. The number of carbonyl (C=O) groups excluding carboxylic acids is 3. The van der Waals surface area contributed by atoms with Crippen molar-refractivity contribution in [2.75, 3.05) is 6.54 Å². The lowest BCUT2D eigenvalue weighted by Gasteiger charge is -2.33. The van der Waals surface area contributed by atoms with Crippen molar-refractivity contribution in [3.63, 3.8) is 0 Å². The largest absolute Gasteiger partial charge is 0.461 e. The second kappa shape index (κ2) is 14.1. The maximum atomic E-state index is 13.4. The van der Waals surface area contributed by atoms with Gasteiger partial charge in [-0.2, -0.15) is 0 Å². The van der Waals surface area contributed by atoms with E-state index in [1.165, 1.54) is 0 Å². The van der Waals surface area contributed by atoms with Gasteiger partial charge in [0.1, 0.15) is 6.61 Å². The van der Waals surface area contributed by atoms with E-state index in [4.69, 9.17) is 16.2 Å². The van der Waals surface area contributed by atoms with Gasteiger partial charge in [0.05, 0.1) is 6.04 Å². The number of ether oxygens (including phenoxy) is 1. The molecule has 0 unspecified atom stereocenters. The lowest BCUT2D eigenvalue weighted by molar-refractivity contribution is -0.145. The van der Waals surface area contributed by atoms with Crippen molar-refractivity contribution < 1.29 is 19.1 Å². The molecule has 3 rings (SSSR count). The molecular formula is C30H37N3O4. The fraction of sp³-hybridized carbons (Fsp3) is 0.367. The van der Waals surface area contributed by atoms with Gasteiger partial charge in [0.2, 0.25) is 11.8 Å². The van der Waals surface area contributed by atoms with Gasteiger partial charge in [0.25, 0.3) is 0 Å². The molecule has 0 fully saturated rings. The van der Waals surface area contributed by atoms with Crippen LogP contribution in [-0.4, -0.2) is 41.3 Å². The molecule has 7 heteroatoms. The highest BCUT2D eigenvalue weighted by molar-refractivity contribution is 5.84. The molecule has 0 bridgehead atoms. The summed E-state index contributed by atoms with van der Waals surface area (Å²) in [6, 6.07) is 22.5. The zero-order chi connectivity index (χ0) is 26.6. The zero-order valence-corrected chi connectivity index (χ0v) is 21.5. The third kappa shape index (κ3) is 8.72. The monoisotopic (exact) mass is 503 g/mol. The molecule has 4 N–H and O–H groups in total. The van der Waals surface area contributed by atoms with Crippen molar-refractivity contribution in [2.24, 2.45) is 11.5 Å². The van der Waals surface area contributed by atoms with Gasteiger partial charge >= 0.3 is 5.97 Å². The average molecular weight is 504 g/mol. The predicted octanol–water partition coefficient (Wildman–Crippen LogP) is 4.11. The number of hydrogen-bond acceptors (Lipinski definition) is 5. The molecule has 196 valence electrons. The first-order valence-corrected chi connectivity index (χ1v) is 12.9. The molecule has 0 aliphatic rings. The van der Waals surface area contributed by atoms with Crippen LogP contribution in [0.5, 0.6) is 0 Å². The maximum absolute atomic E-state index is 13.4. The minimum atomic E-state index is -0.777. The van der Waals surface area contributed by atoms with Crippen LogP contribution < -0.4 is 11.5 Å². The Morgan fingerprint density at radius 1 is 0.919 bits per heavy atom. The number of amides is 2. The highest BCUT2D eigenvalue weighted by Gasteiger charge is 2.28. The van der Waals surface area contributed by atoms with Crippen LogP contribution in [-0.2, 0) is 32.1 Å². The molecule has 0 spiro atoms. The van der Waals surface area contributed by atoms with Crippen LogP contribution in [0.4, 0.5) is 0 Å². The van der Waals surface area contributed by atoms with Gasteiger partial charge in [0, 0.05) is 25.4 Å². The summed E-state index contributed by atoms with van der Waals surface area (Å²) in [4.78, 5) is 39.1. The summed E-state index contributed by atoms with van der Waals surface area (Å²) in [6.07, 6.45) is 2.24. The van der Waals surface area contributed by atoms with Gasteiger partial charge in [-0.25, -0.2) is 0 Å². The molecule has 0 radical (unpaired) electrons. The Balaban J connectivity index is 1.60. The third-order valence-corrected chi connectivity index (χ3v) is 6.37. The van der Waals surface area contributed by atoms with Crippen molar-refractivity contribution in [1.29, 1.82) is 0 Å². The minimum Gasteiger partial charge on any atom is -0.461 e. The molecule has 0 saturated heterocycles. The van der Waals surface area contributed by atoms with Crippen molar-refractivity contribution in [1.82, 2.24) is 4.90 Å². The summed E-state index contributed by atoms with van der Waals surface area (Å²) < 4.78 is 5.31. The average Bonchev–Trinajstić information content (AvgIpc) is 2.90. The van der Waals surface area contributed by atoms with Gasteiger partial charge in [-0.3, -0.25) is 14.4 Å². The van der Waals surface area contributed by atoms with Gasteiger partial charge < -0.3 is 21.1 Å². The van der Waals surface area contributed by atoms with Gasteiger partial charge in [-0.15, -0.1) is 0 Å². The number of rotatable bonds is 14. The number of nitrogens with zero attached hydrogens (tertiary/aromatic N) is 1. The van der Waals surface area contributed by atoms with Gasteiger partial charge in [-0.1, -0.05) is 79.7 Å². The van der Waals surface area contributed by atoms with E-state index in [9.17, 15) is 14.4 Å². The maximum Gasteiger partial charge on any atom is 0.306 e. The van der Waals surface area contributed by atoms with Crippen LogP contribution in [0, 0.1) is 0 Å². The Hall–Kier alpha value is -3.71. The standard InChI is InChI=1S/C30H37N3O4/c1-2-17-33(26(20-28(32)34)19-23-15-16-24-11-6-7-12-25(24)18-23)30(36)27(31)13-8-14-29(35)37-21-22-9-4-3-5-10-22/h3-7,9-12,15-16,18,26-27H,2,8,13-14,17,19-21,31H2,1H3,(H2,32,34)/t26-,27-/m0/s1. The van der Waals surface area contributed by atoms with E-state index >= 15 is 0 Å². The van der Waals surface area contributed by atoms with Crippen LogP contribution >= 0.6 is 0 Å². The van der Waals surface area contributed by atoms with Crippen LogP contribution in [0.1, 0.15) is 50.2 Å². The normalized spacial score (nSPS) is 12.6. The Kier molecular flexibility index (Phi) is 10.6. The van der Waals surface area contributed by atoms with Crippen molar-refractivity contribution in [3.8, 4) is 0 Å². The molecule has 37 heavy (non-hydrogen) atoms. The summed E-state index contributed by atoms with van der Waals surface area (Å²) in [5.74, 6) is -1.02. The molecule has 0 saturated carbocycles. The summed E-state index contributed by atoms with van der Waals surface area (Å²) >= 11 is 0. The summed E-state index contributed by atoms with van der Waals surface area (Å²) in [7, 11) is 0. The number of fused-ring (bicyclic) bond motifs is 1. The molecule has 0 aliphatic carbocycles. The minimum absolute atomic E-state index is 0.0527. The molecule has 3 aromatic carbocycles. The Bertz CT molecular complexity index is 1180. The number of esters is 1. The fourth-order valence-electron chi connectivity index (χ4n) is 4.49. The molecule has 3 aromatic rings. The third-order valence-electron chi connectivity index (χ3n) is 6.37. The van der Waals surface area contributed by atoms with E-state index in [1.807, 2.05) is 73.7 Å². The van der Waals surface area contributed by atoms with Gasteiger partial charge in [-0.05, 0) is 47.6 Å². The summed E-state index contributed by atoms with van der Waals surface area (Å²) in [5, 5.41) is 2.23. The number of primary amides is 1. The van der Waals surface area contributed by atoms with Crippen LogP contribution in [0.25, 0.3) is 10.8 Å². The fourth-order valence-corrected chi connectivity index (χ4v) is 4.49.